The standard InChI is InChI=1S/C28H30BrCl2N3O4S/c1-4-19(2)32-28(36)20(3)33(17-21-13-14-25(30)26(31)15-21)27(35)18-34(23-10-8-9-22(29)16-23)39(37,38)24-11-6-5-7-12-24/h5-16,19-20H,4,17-18H2,1-3H3,(H,32,36)/t19-,20+/m0/s1. The molecule has 0 aliphatic carbocycles. The molecule has 0 spiro atoms. The molecule has 0 aliphatic heterocycles. The minimum absolute atomic E-state index is 0.0164. The second-order valence-electron chi connectivity index (χ2n) is 9.07. The molecule has 0 aliphatic rings. The van der Waals surface area contributed by atoms with Crippen LogP contribution in [0.4, 0.5) is 5.69 Å². The highest BCUT2D eigenvalue weighted by Crippen LogP contribution is 2.28. The minimum atomic E-state index is -4.13. The molecule has 208 valence electrons. The fourth-order valence-electron chi connectivity index (χ4n) is 3.76. The molecule has 7 nitrogen and oxygen atoms in total. The maximum absolute atomic E-state index is 13.9. The molecule has 2 amide bonds. The molecule has 0 unspecified atom stereocenters. The first-order chi connectivity index (χ1) is 18.4. The van der Waals surface area contributed by atoms with Gasteiger partial charge in [0.2, 0.25) is 11.8 Å². The summed E-state index contributed by atoms with van der Waals surface area (Å²) in [5.41, 5.74) is 0.939. The van der Waals surface area contributed by atoms with Gasteiger partial charge in [-0.3, -0.25) is 13.9 Å². The zero-order chi connectivity index (χ0) is 28.7. The van der Waals surface area contributed by atoms with E-state index in [4.69, 9.17) is 23.2 Å². The lowest BCUT2D eigenvalue weighted by Gasteiger charge is -2.32. The maximum Gasteiger partial charge on any atom is 0.264 e. The van der Waals surface area contributed by atoms with E-state index in [0.29, 0.717) is 32.2 Å². The van der Waals surface area contributed by atoms with Crippen LogP contribution in [0.15, 0.2) is 82.2 Å². The predicted octanol–water partition coefficient (Wildman–Crippen LogP) is 6.28. The number of carbonyl (C=O) groups excluding carboxylic acids is 2. The molecule has 1 N–H and O–H groups in total. The molecule has 3 aromatic rings. The zero-order valence-corrected chi connectivity index (χ0v) is 25.7. The van der Waals surface area contributed by atoms with Gasteiger partial charge in [0.05, 0.1) is 20.6 Å². The summed E-state index contributed by atoms with van der Waals surface area (Å²) in [7, 11) is -4.13. The van der Waals surface area contributed by atoms with Crippen LogP contribution in [-0.4, -0.2) is 43.8 Å². The molecule has 3 aromatic carbocycles. The number of hydrogen-bond donors (Lipinski definition) is 1. The van der Waals surface area contributed by atoms with Crippen molar-refractivity contribution in [2.24, 2.45) is 0 Å². The maximum atomic E-state index is 13.9. The van der Waals surface area contributed by atoms with Crippen LogP contribution < -0.4 is 9.62 Å². The Kier molecular flexibility index (Phi) is 10.8. The average Bonchev–Trinajstić information content (AvgIpc) is 2.92. The molecule has 0 aromatic heterocycles. The third-order valence-electron chi connectivity index (χ3n) is 6.21. The molecule has 0 heterocycles. The predicted molar refractivity (Wildman–Crippen MR) is 159 cm³/mol. The number of nitrogens with zero attached hydrogens (tertiary/aromatic N) is 2. The summed E-state index contributed by atoms with van der Waals surface area (Å²) >= 11 is 15.7. The Morgan fingerprint density at radius 2 is 1.64 bits per heavy atom. The number of carbonyl (C=O) groups is 2. The van der Waals surface area contributed by atoms with Gasteiger partial charge in [-0.1, -0.05) is 76.4 Å². The Hall–Kier alpha value is -2.59. The largest absolute Gasteiger partial charge is 0.352 e. The van der Waals surface area contributed by atoms with Crippen molar-refractivity contribution in [1.29, 1.82) is 0 Å². The van der Waals surface area contributed by atoms with Gasteiger partial charge in [0.1, 0.15) is 12.6 Å². The average molecular weight is 655 g/mol. The van der Waals surface area contributed by atoms with Gasteiger partial charge in [0.15, 0.2) is 0 Å². The highest BCUT2D eigenvalue weighted by Gasteiger charge is 2.32. The normalized spacial score (nSPS) is 12.9. The first-order valence-corrected chi connectivity index (χ1v) is 15.3. The van der Waals surface area contributed by atoms with E-state index in [1.165, 1.54) is 17.0 Å². The van der Waals surface area contributed by atoms with Gasteiger partial charge in [-0.15, -0.1) is 0 Å². The summed E-state index contributed by atoms with van der Waals surface area (Å²) in [6.45, 7) is 4.91. The van der Waals surface area contributed by atoms with Crippen molar-refractivity contribution < 1.29 is 18.0 Å². The highest BCUT2D eigenvalue weighted by atomic mass is 79.9. The third kappa shape index (κ3) is 7.97. The molecule has 0 saturated carbocycles. The lowest BCUT2D eigenvalue weighted by atomic mass is 10.1. The van der Waals surface area contributed by atoms with E-state index in [1.54, 1.807) is 67.6 Å². The molecule has 0 fully saturated rings. The van der Waals surface area contributed by atoms with Crippen LogP contribution in [0, 0.1) is 0 Å². The van der Waals surface area contributed by atoms with Crippen LogP contribution in [0.25, 0.3) is 0 Å². The van der Waals surface area contributed by atoms with Crippen LogP contribution >= 0.6 is 39.1 Å². The molecule has 3 rings (SSSR count). The monoisotopic (exact) mass is 653 g/mol. The number of benzene rings is 3. The van der Waals surface area contributed by atoms with E-state index in [1.807, 2.05) is 13.8 Å². The summed E-state index contributed by atoms with van der Waals surface area (Å²) in [6.07, 6.45) is 0.713. The number of halogens is 3. The van der Waals surface area contributed by atoms with E-state index in [-0.39, 0.29) is 23.4 Å². The molecule has 39 heavy (non-hydrogen) atoms. The molecule has 0 bridgehead atoms. The van der Waals surface area contributed by atoms with E-state index >= 15 is 0 Å². The number of nitrogens with one attached hydrogen (secondary N) is 1. The SMILES string of the molecule is CC[C@H](C)NC(=O)[C@@H](C)N(Cc1ccc(Cl)c(Cl)c1)C(=O)CN(c1cccc(Br)c1)S(=O)(=O)c1ccccc1. The Balaban J connectivity index is 2.03. The molecular weight excluding hydrogens is 625 g/mol. The van der Waals surface area contributed by atoms with Gasteiger partial charge in [-0.2, -0.15) is 0 Å². The van der Waals surface area contributed by atoms with Crippen molar-refractivity contribution in [2.75, 3.05) is 10.8 Å². The van der Waals surface area contributed by atoms with Crippen LogP contribution in [0.2, 0.25) is 10.0 Å². The van der Waals surface area contributed by atoms with E-state index in [2.05, 4.69) is 21.2 Å². The summed E-state index contributed by atoms with van der Waals surface area (Å²) in [5.74, 6) is -0.912. The summed E-state index contributed by atoms with van der Waals surface area (Å²) in [5, 5.41) is 3.56. The fraction of sp³-hybridized carbons (Fsp3) is 0.286. The molecule has 11 heteroatoms. The number of rotatable bonds is 11. The first-order valence-electron chi connectivity index (χ1n) is 12.3. The number of hydrogen-bond acceptors (Lipinski definition) is 4. The van der Waals surface area contributed by atoms with Crippen molar-refractivity contribution in [2.45, 2.75) is 50.7 Å². The van der Waals surface area contributed by atoms with E-state index in [9.17, 15) is 18.0 Å². The Labute approximate surface area is 248 Å². The van der Waals surface area contributed by atoms with E-state index in [0.717, 1.165) is 4.31 Å². The van der Waals surface area contributed by atoms with Crippen LogP contribution in [0.5, 0.6) is 0 Å². The molecular formula is C28H30BrCl2N3O4S. The van der Waals surface area contributed by atoms with Crippen molar-refractivity contribution in [3.8, 4) is 0 Å². The lowest BCUT2D eigenvalue weighted by molar-refractivity contribution is -0.139. The molecule has 0 saturated heterocycles. The number of amides is 2. The van der Waals surface area contributed by atoms with Crippen LogP contribution in [0.3, 0.4) is 0 Å². The van der Waals surface area contributed by atoms with Gasteiger partial charge >= 0.3 is 0 Å². The zero-order valence-electron chi connectivity index (χ0n) is 21.8. The van der Waals surface area contributed by atoms with Crippen LogP contribution in [-0.2, 0) is 26.2 Å². The van der Waals surface area contributed by atoms with Crippen LogP contribution in [0.1, 0.15) is 32.8 Å². The van der Waals surface area contributed by atoms with Gasteiger partial charge in [0.25, 0.3) is 10.0 Å². The molecule has 2 atom stereocenters. The summed E-state index contributed by atoms with van der Waals surface area (Å²) < 4.78 is 29.2. The van der Waals surface area contributed by atoms with Crippen molar-refractivity contribution in [3.05, 3.63) is 92.9 Å². The Morgan fingerprint density at radius 1 is 0.949 bits per heavy atom. The topological polar surface area (TPSA) is 86.8 Å². The third-order valence-corrected chi connectivity index (χ3v) is 9.23. The number of sulfonamides is 1. The number of anilines is 1. The minimum Gasteiger partial charge on any atom is -0.352 e. The summed E-state index contributed by atoms with van der Waals surface area (Å²) in [4.78, 5) is 28.4. The Bertz CT molecular complexity index is 1420. The van der Waals surface area contributed by atoms with Gasteiger partial charge in [-0.05, 0) is 68.3 Å². The van der Waals surface area contributed by atoms with E-state index < -0.39 is 28.5 Å². The highest BCUT2D eigenvalue weighted by molar-refractivity contribution is 9.10. The van der Waals surface area contributed by atoms with Crippen molar-refractivity contribution in [3.63, 3.8) is 0 Å². The van der Waals surface area contributed by atoms with Crippen molar-refractivity contribution in [1.82, 2.24) is 10.2 Å². The lowest BCUT2D eigenvalue weighted by Crippen LogP contribution is -2.52. The smallest absolute Gasteiger partial charge is 0.264 e. The second-order valence-corrected chi connectivity index (χ2v) is 12.7. The van der Waals surface area contributed by atoms with Crippen molar-refractivity contribution >= 4 is 66.7 Å². The first kappa shape index (κ1) is 30.9. The Morgan fingerprint density at radius 3 is 2.26 bits per heavy atom. The fourth-order valence-corrected chi connectivity index (χ4v) is 5.90. The second kappa shape index (κ2) is 13.7. The van der Waals surface area contributed by atoms with Gasteiger partial charge in [-0.25, -0.2) is 8.42 Å². The van der Waals surface area contributed by atoms with Gasteiger partial charge < -0.3 is 10.2 Å². The van der Waals surface area contributed by atoms with Gasteiger partial charge in [0, 0.05) is 17.1 Å². The molecule has 0 radical (unpaired) electrons. The summed E-state index contributed by atoms with van der Waals surface area (Å²) in [6, 6.07) is 18.5. The quantitative estimate of drug-likeness (QED) is 0.264.